The van der Waals surface area contributed by atoms with Crippen LogP contribution in [0, 0.1) is 6.92 Å². The summed E-state index contributed by atoms with van der Waals surface area (Å²) in [5.41, 5.74) is 1.17. The predicted molar refractivity (Wildman–Crippen MR) is 93.0 cm³/mol. The summed E-state index contributed by atoms with van der Waals surface area (Å²) in [5, 5.41) is 0. The maximum absolute atomic E-state index is 12.3. The lowest BCUT2D eigenvalue weighted by molar-refractivity contribution is -0.0512. The molecule has 0 spiro atoms. The molecule has 2 rings (SSSR count). The van der Waals surface area contributed by atoms with Crippen LogP contribution in [-0.2, 0) is 21.2 Å². The van der Waals surface area contributed by atoms with Crippen molar-refractivity contribution in [3.8, 4) is 11.5 Å². The number of hydrogen-bond donors (Lipinski definition) is 0. The Bertz CT molecular complexity index is 941. The molecule has 27 heavy (non-hydrogen) atoms. The Labute approximate surface area is 155 Å². The minimum absolute atomic E-state index is 0.00946. The summed E-state index contributed by atoms with van der Waals surface area (Å²) < 4.78 is 62.5. The molecule has 0 aliphatic heterocycles. The summed E-state index contributed by atoms with van der Waals surface area (Å²) >= 11 is 0. The van der Waals surface area contributed by atoms with Crippen LogP contribution in [0.2, 0.25) is 0 Å². The topological polar surface area (TPSA) is 78.9 Å². The van der Waals surface area contributed by atoms with E-state index in [4.69, 9.17) is 9.47 Å². The number of carbonyl (C=O) groups excluding carboxylic acids is 1. The van der Waals surface area contributed by atoms with Gasteiger partial charge in [-0.25, -0.2) is 13.2 Å². The van der Waals surface area contributed by atoms with Crippen molar-refractivity contribution in [1.82, 2.24) is 0 Å². The van der Waals surface area contributed by atoms with Crippen molar-refractivity contribution in [2.45, 2.75) is 25.0 Å². The number of methoxy groups -OCH3 is 1. The van der Waals surface area contributed by atoms with Gasteiger partial charge in [-0.3, -0.25) is 0 Å². The molecule has 146 valence electrons. The van der Waals surface area contributed by atoms with Crippen molar-refractivity contribution in [2.24, 2.45) is 0 Å². The lowest BCUT2D eigenvalue weighted by Gasteiger charge is -2.12. The van der Waals surface area contributed by atoms with Crippen molar-refractivity contribution < 1.29 is 36.2 Å². The number of halogens is 2. The molecular formula is C18H18F2O6S. The lowest BCUT2D eigenvalue weighted by atomic mass is 10.1. The first-order valence-electron chi connectivity index (χ1n) is 7.71. The Kier molecular flexibility index (Phi) is 6.37. The molecule has 0 atom stereocenters. The van der Waals surface area contributed by atoms with Crippen LogP contribution in [0.5, 0.6) is 11.5 Å². The fourth-order valence-corrected chi connectivity index (χ4v) is 2.92. The Morgan fingerprint density at radius 1 is 1.11 bits per heavy atom. The number of esters is 1. The second kappa shape index (κ2) is 8.34. The molecule has 0 fully saturated rings. The Hall–Kier alpha value is -2.68. The SMILES string of the molecule is COc1cc(COC(=O)c2cc(S(C)(=O)=O)ccc2C)ccc1OC(F)F. The average molecular weight is 400 g/mol. The second-order valence-corrected chi connectivity index (χ2v) is 7.70. The summed E-state index contributed by atoms with van der Waals surface area (Å²) in [4.78, 5) is 12.3. The van der Waals surface area contributed by atoms with E-state index >= 15 is 0 Å². The van der Waals surface area contributed by atoms with Gasteiger partial charge >= 0.3 is 12.6 Å². The van der Waals surface area contributed by atoms with Crippen molar-refractivity contribution >= 4 is 15.8 Å². The molecule has 0 heterocycles. The molecule has 0 unspecified atom stereocenters. The monoisotopic (exact) mass is 400 g/mol. The number of hydrogen-bond acceptors (Lipinski definition) is 6. The van der Waals surface area contributed by atoms with E-state index in [0.29, 0.717) is 11.1 Å². The summed E-state index contributed by atoms with van der Waals surface area (Å²) in [6, 6.07) is 8.33. The molecule has 0 aromatic heterocycles. The van der Waals surface area contributed by atoms with Gasteiger partial charge in [0.2, 0.25) is 0 Å². The lowest BCUT2D eigenvalue weighted by Crippen LogP contribution is -2.09. The zero-order chi connectivity index (χ0) is 20.2. The molecule has 0 aliphatic rings. The third-order valence-corrected chi connectivity index (χ3v) is 4.78. The minimum Gasteiger partial charge on any atom is -0.493 e. The number of benzene rings is 2. The van der Waals surface area contributed by atoms with Crippen LogP contribution in [0.3, 0.4) is 0 Å². The van der Waals surface area contributed by atoms with Crippen LogP contribution in [0.25, 0.3) is 0 Å². The third kappa shape index (κ3) is 5.40. The molecule has 0 saturated heterocycles. The normalized spacial score (nSPS) is 11.3. The quantitative estimate of drug-likeness (QED) is 0.663. The first-order valence-corrected chi connectivity index (χ1v) is 9.60. The summed E-state index contributed by atoms with van der Waals surface area (Å²) in [6.07, 6.45) is 1.04. The van der Waals surface area contributed by atoms with Crippen molar-refractivity contribution in [3.63, 3.8) is 0 Å². The Morgan fingerprint density at radius 3 is 2.41 bits per heavy atom. The predicted octanol–water partition coefficient (Wildman–Crippen LogP) is 3.37. The maximum atomic E-state index is 12.3. The molecule has 2 aromatic rings. The number of alkyl halides is 2. The minimum atomic E-state index is -3.47. The van der Waals surface area contributed by atoms with Gasteiger partial charge in [-0.15, -0.1) is 0 Å². The Balaban J connectivity index is 2.16. The zero-order valence-electron chi connectivity index (χ0n) is 14.9. The molecule has 0 amide bonds. The van der Waals surface area contributed by atoms with E-state index in [1.807, 2.05) is 0 Å². The van der Waals surface area contributed by atoms with Gasteiger partial charge in [0.15, 0.2) is 21.3 Å². The third-order valence-electron chi connectivity index (χ3n) is 3.67. The molecule has 2 aromatic carbocycles. The number of rotatable bonds is 7. The van der Waals surface area contributed by atoms with Crippen LogP contribution in [0.15, 0.2) is 41.3 Å². The summed E-state index contributed by atoms with van der Waals surface area (Å²) in [5.74, 6) is -0.775. The van der Waals surface area contributed by atoms with Gasteiger partial charge < -0.3 is 14.2 Å². The van der Waals surface area contributed by atoms with Crippen LogP contribution in [0.4, 0.5) is 8.78 Å². The number of aryl methyl sites for hydroxylation is 1. The highest BCUT2D eigenvalue weighted by Gasteiger charge is 2.16. The fourth-order valence-electron chi connectivity index (χ4n) is 2.27. The van der Waals surface area contributed by atoms with Gasteiger partial charge in [-0.05, 0) is 42.3 Å². The molecule has 0 bridgehead atoms. The molecule has 6 nitrogen and oxygen atoms in total. The second-order valence-electron chi connectivity index (χ2n) is 5.69. The van der Waals surface area contributed by atoms with Gasteiger partial charge in [0, 0.05) is 6.26 Å². The van der Waals surface area contributed by atoms with Gasteiger partial charge in [-0.1, -0.05) is 12.1 Å². The largest absolute Gasteiger partial charge is 0.493 e. The van der Waals surface area contributed by atoms with E-state index in [1.54, 1.807) is 6.92 Å². The first kappa shape index (κ1) is 20.6. The van der Waals surface area contributed by atoms with Gasteiger partial charge in [0.05, 0.1) is 17.6 Å². The number of ether oxygens (including phenoxy) is 3. The molecule has 0 aliphatic carbocycles. The molecule has 0 N–H and O–H groups in total. The van der Waals surface area contributed by atoms with E-state index in [9.17, 15) is 22.0 Å². The van der Waals surface area contributed by atoms with Gasteiger partial charge in [0.25, 0.3) is 0 Å². The summed E-state index contributed by atoms with van der Waals surface area (Å²) in [7, 11) is -2.17. The van der Waals surface area contributed by atoms with Crippen LogP contribution < -0.4 is 9.47 Å². The van der Waals surface area contributed by atoms with Crippen molar-refractivity contribution in [1.29, 1.82) is 0 Å². The van der Waals surface area contributed by atoms with Gasteiger partial charge in [-0.2, -0.15) is 8.78 Å². The molecular weight excluding hydrogens is 382 g/mol. The fraction of sp³-hybridized carbons (Fsp3) is 0.278. The van der Waals surface area contributed by atoms with Crippen LogP contribution in [-0.4, -0.2) is 34.4 Å². The standard InChI is InChI=1S/C18H18F2O6S/c1-11-4-6-13(27(3,22)23)9-14(11)17(21)25-10-12-5-7-15(26-18(19)20)16(8-12)24-2/h4-9,18H,10H2,1-3H3. The van der Waals surface area contributed by atoms with E-state index in [0.717, 1.165) is 6.26 Å². The maximum Gasteiger partial charge on any atom is 0.387 e. The molecule has 0 saturated carbocycles. The number of sulfone groups is 1. The van der Waals surface area contributed by atoms with Crippen molar-refractivity contribution in [3.05, 3.63) is 53.1 Å². The van der Waals surface area contributed by atoms with Crippen molar-refractivity contribution in [2.75, 3.05) is 13.4 Å². The summed E-state index contributed by atoms with van der Waals surface area (Å²) in [6.45, 7) is -1.50. The average Bonchev–Trinajstić information content (AvgIpc) is 2.59. The smallest absolute Gasteiger partial charge is 0.387 e. The highest BCUT2D eigenvalue weighted by Crippen LogP contribution is 2.29. The van der Waals surface area contributed by atoms with Crippen LogP contribution >= 0.6 is 0 Å². The first-order chi connectivity index (χ1) is 12.6. The molecule has 9 heteroatoms. The Morgan fingerprint density at radius 2 is 1.81 bits per heavy atom. The van der Waals surface area contributed by atoms with Crippen LogP contribution in [0.1, 0.15) is 21.5 Å². The zero-order valence-corrected chi connectivity index (χ0v) is 15.7. The highest BCUT2D eigenvalue weighted by molar-refractivity contribution is 7.90. The highest BCUT2D eigenvalue weighted by atomic mass is 32.2. The van der Waals surface area contributed by atoms with E-state index in [2.05, 4.69) is 4.74 Å². The molecule has 0 radical (unpaired) electrons. The number of carbonyl (C=O) groups is 1. The van der Waals surface area contributed by atoms with E-state index in [-0.39, 0.29) is 28.6 Å². The van der Waals surface area contributed by atoms with E-state index < -0.39 is 22.4 Å². The van der Waals surface area contributed by atoms with E-state index in [1.165, 1.54) is 43.5 Å². The van der Waals surface area contributed by atoms with Gasteiger partial charge in [0.1, 0.15) is 6.61 Å².